The molecule has 1 saturated heterocycles. The fourth-order valence-electron chi connectivity index (χ4n) is 0.111. The first-order valence-electron chi connectivity index (χ1n) is 1.48. The molecule has 1 fully saturated rings. The second kappa shape index (κ2) is 1.25. The molecule has 0 saturated carbocycles. The second-order valence-electron chi connectivity index (χ2n) is 1.18. The molecule has 8 heteroatoms. The van der Waals surface area contributed by atoms with Crippen molar-refractivity contribution in [3.05, 3.63) is 0 Å². The van der Waals surface area contributed by atoms with Gasteiger partial charge in [0.2, 0.25) is 0 Å². The SMILES string of the molecule is O=S(O)P1(F)(F)NO1. The van der Waals surface area contributed by atoms with Gasteiger partial charge in [-0.05, 0) is 0 Å². The van der Waals surface area contributed by atoms with Gasteiger partial charge in [-0.3, -0.25) is 0 Å². The van der Waals surface area contributed by atoms with Gasteiger partial charge in [-0.2, -0.15) is 0 Å². The summed E-state index contributed by atoms with van der Waals surface area (Å²) in [5.41, 5.74) is 0. The maximum absolute atomic E-state index is 11.9. The molecule has 0 radical (unpaired) electrons. The van der Waals surface area contributed by atoms with Gasteiger partial charge < -0.3 is 0 Å². The first-order valence-corrected chi connectivity index (χ1v) is 5.13. The second-order valence-corrected chi connectivity index (χ2v) is 6.30. The van der Waals surface area contributed by atoms with E-state index >= 15 is 0 Å². The molecule has 0 amide bonds. The molecule has 0 spiro atoms. The van der Waals surface area contributed by atoms with Crippen LogP contribution < -0.4 is 5.25 Å². The Labute approximate surface area is 45.5 Å². The van der Waals surface area contributed by atoms with Crippen molar-refractivity contribution in [1.82, 2.24) is 5.25 Å². The van der Waals surface area contributed by atoms with Crippen LogP contribution in [0.4, 0.5) is 8.39 Å². The number of halogens is 2. The van der Waals surface area contributed by atoms with E-state index in [4.69, 9.17) is 4.55 Å². The monoisotopic (exact) mass is 165 g/mol. The average molecular weight is 165 g/mol. The first-order chi connectivity index (χ1) is 3.44. The van der Waals surface area contributed by atoms with Crippen LogP contribution in [0.5, 0.6) is 0 Å². The Kier molecular flexibility index (Phi) is 1.00. The number of rotatable bonds is 1. The summed E-state index contributed by atoms with van der Waals surface area (Å²) in [6.45, 7) is -5.66. The number of hydrogen-bond donors (Lipinski definition) is 2. The topological polar surface area (TPSA) is 71.8 Å². The average Bonchev–Trinajstić information content (AvgIpc) is 2.18. The molecule has 1 rings (SSSR count). The van der Waals surface area contributed by atoms with Crippen LogP contribution in [0, 0.1) is 0 Å². The van der Waals surface area contributed by atoms with Crippen molar-refractivity contribution in [3.63, 3.8) is 0 Å². The van der Waals surface area contributed by atoms with E-state index in [-0.39, 0.29) is 0 Å². The molecule has 1 heterocycles. The predicted octanol–water partition coefficient (Wildman–Crippen LogP) is 0.810. The molecule has 0 bridgehead atoms. The number of nitrogens with one attached hydrogen (secondary N) is 1. The van der Waals surface area contributed by atoms with Gasteiger partial charge >= 0.3 is 44.5 Å². The summed E-state index contributed by atoms with van der Waals surface area (Å²) in [5, 5.41) is 1.13. The van der Waals surface area contributed by atoms with Gasteiger partial charge in [0.05, 0.1) is 0 Å². The molecule has 0 aromatic heterocycles. The van der Waals surface area contributed by atoms with Crippen molar-refractivity contribution in [2.75, 3.05) is 0 Å². The third-order valence-corrected chi connectivity index (χ3v) is 3.70. The molecule has 1 atom stereocenters. The van der Waals surface area contributed by atoms with Gasteiger partial charge in [0, 0.05) is 0 Å². The molecule has 2 N–H and O–H groups in total. The van der Waals surface area contributed by atoms with Crippen LogP contribution in [-0.4, -0.2) is 8.76 Å². The minimum atomic E-state index is -5.66. The van der Waals surface area contributed by atoms with Crippen LogP contribution in [0.1, 0.15) is 0 Å². The summed E-state index contributed by atoms with van der Waals surface area (Å²) < 4.78 is 44.6. The molecule has 8 heavy (non-hydrogen) atoms. The van der Waals surface area contributed by atoms with Crippen molar-refractivity contribution in [3.8, 4) is 0 Å². The Morgan fingerprint density at radius 2 is 2.12 bits per heavy atom. The first kappa shape index (κ1) is 6.44. The Balaban J connectivity index is 2.83. The van der Waals surface area contributed by atoms with Crippen LogP contribution in [-0.2, 0) is 15.3 Å². The van der Waals surface area contributed by atoms with Gasteiger partial charge in [0.1, 0.15) is 0 Å². The zero-order chi connectivity index (χ0) is 6.44. The van der Waals surface area contributed by atoms with Crippen molar-refractivity contribution >= 4 is 17.5 Å². The zero-order valence-electron chi connectivity index (χ0n) is 3.38. The fourth-order valence-corrected chi connectivity index (χ4v) is 1.30. The van der Waals surface area contributed by atoms with Crippen LogP contribution in [0.15, 0.2) is 0 Å². The fraction of sp³-hybridized carbons (Fsp3) is 0. The van der Waals surface area contributed by atoms with Crippen molar-refractivity contribution in [2.24, 2.45) is 0 Å². The molecule has 1 aliphatic rings. The summed E-state index contributed by atoms with van der Waals surface area (Å²) in [6.07, 6.45) is 0. The van der Waals surface area contributed by atoms with E-state index in [1.807, 2.05) is 0 Å². The van der Waals surface area contributed by atoms with E-state index in [1.54, 1.807) is 0 Å². The van der Waals surface area contributed by atoms with E-state index in [1.165, 1.54) is 0 Å². The summed E-state index contributed by atoms with van der Waals surface area (Å²) in [6, 6.07) is 0. The molecule has 50 valence electrons. The normalized spacial score (nSPS) is 39.1. The quantitative estimate of drug-likeness (QED) is 0.342. The molecule has 1 unspecified atom stereocenters. The molecular formula is H2F2NO3PS. The van der Waals surface area contributed by atoms with Crippen molar-refractivity contribution < 1.29 is 21.8 Å². The third-order valence-electron chi connectivity index (χ3n) is 0.564. The van der Waals surface area contributed by atoms with Gasteiger partial charge in [0.25, 0.3) is 0 Å². The summed E-state index contributed by atoms with van der Waals surface area (Å²) in [4.78, 5) is 0. The minimum absolute atomic E-state index is 1.13. The standard InChI is InChI=1S/F2H2NO3PS/c1-7(2,3-6-7)8(4)5/h3H,(H,4,5). The molecule has 4 nitrogen and oxygen atoms in total. The molecule has 1 aliphatic heterocycles. The maximum atomic E-state index is 11.9. The summed E-state index contributed by atoms with van der Waals surface area (Å²) in [7, 11) is -3.17. The third kappa shape index (κ3) is 0.762. The zero-order valence-corrected chi connectivity index (χ0v) is 5.09. The van der Waals surface area contributed by atoms with E-state index in [0.717, 1.165) is 5.25 Å². The Bertz CT molecular complexity index is 149. The van der Waals surface area contributed by atoms with Gasteiger partial charge in [0.15, 0.2) is 0 Å². The van der Waals surface area contributed by atoms with E-state index in [2.05, 4.69) is 4.62 Å². The Morgan fingerprint density at radius 1 is 1.75 bits per heavy atom. The van der Waals surface area contributed by atoms with Crippen LogP contribution >= 0.6 is 6.80 Å². The summed E-state index contributed by atoms with van der Waals surface area (Å²) in [5.74, 6) is 0. The number of hydrogen-bond acceptors (Lipinski definition) is 3. The summed E-state index contributed by atoms with van der Waals surface area (Å²) >= 11 is 0. The van der Waals surface area contributed by atoms with Crippen molar-refractivity contribution in [2.45, 2.75) is 0 Å². The Morgan fingerprint density at radius 3 is 2.12 bits per heavy atom. The van der Waals surface area contributed by atoms with Gasteiger partial charge in [-0.15, -0.1) is 0 Å². The van der Waals surface area contributed by atoms with Gasteiger partial charge in [-0.25, -0.2) is 0 Å². The van der Waals surface area contributed by atoms with E-state index in [0.29, 0.717) is 0 Å². The van der Waals surface area contributed by atoms with Gasteiger partial charge in [-0.1, -0.05) is 0 Å². The van der Waals surface area contributed by atoms with Crippen LogP contribution in [0.25, 0.3) is 0 Å². The van der Waals surface area contributed by atoms with E-state index in [9.17, 15) is 12.6 Å². The molecule has 0 aliphatic carbocycles. The molecule has 0 aromatic rings. The van der Waals surface area contributed by atoms with Crippen molar-refractivity contribution in [1.29, 1.82) is 0 Å². The van der Waals surface area contributed by atoms with Crippen LogP contribution in [0.2, 0.25) is 0 Å². The van der Waals surface area contributed by atoms with Crippen LogP contribution in [0.3, 0.4) is 0 Å². The van der Waals surface area contributed by atoms with E-state index < -0.39 is 17.5 Å². The Hall–Kier alpha value is 0.320. The molecular weight excluding hydrogens is 163 g/mol. The molecule has 0 aromatic carbocycles. The predicted molar refractivity (Wildman–Crippen MR) is 24.1 cm³/mol.